The van der Waals surface area contributed by atoms with Crippen LogP contribution in [0.1, 0.15) is 12.5 Å². The van der Waals surface area contributed by atoms with Crippen LogP contribution in [0.2, 0.25) is 0 Å². The van der Waals surface area contributed by atoms with Gasteiger partial charge in [-0.05, 0) is 12.5 Å². The van der Waals surface area contributed by atoms with Crippen LogP contribution in [-0.2, 0) is 19.6 Å². The number of carbonyl (C=O) groups excluding carboxylic acids is 1. The van der Waals surface area contributed by atoms with Gasteiger partial charge < -0.3 is 4.74 Å². The molecule has 0 amide bonds. The van der Waals surface area contributed by atoms with Crippen molar-refractivity contribution in [2.24, 2.45) is 5.92 Å². The van der Waals surface area contributed by atoms with Gasteiger partial charge in [0.2, 0.25) is 10.0 Å². The van der Waals surface area contributed by atoms with Crippen molar-refractivity contribution in [3.05, 3.63) is 33.9 Å². The third-order valence-corrected chi connectivity index (χ3v) is 5.21. The van der Waals surface area contributed by atoms with Crippen molar-refractivity contribution in [2.45, 2.75) is 18.7 Å². The lowest BCUT2D eigenvalue weighted by atomic mass is 10.2. The Bertz CT molecular complexity index is 686. The number of rotatable bonds is 6. The third kappa shape index (κ3) is 3.60. The van der Waals surface area contributed by atoms with Crippen LogP contribution >= 0.6 is 0 Å². The maximum atomic E-state index is 12.6. The quantitative estimate of drug-likeness (QED) is 0.442. The van der Waals surface area contributed by atoms with Gasteiger partial charge in [-0.1, -0.05) is 19.1 Å². The highest BCUT2D eigenvalue weighted by Gasteiger charge is 2.32. The van der Waals surface area contributed by atoms with E-state index in [0.717, 1.165) is 10.4 Å². The number of esters is 1. The highest BCUT2D eigenvalue weighted by atomic mass is 32.2. The molecule has 122 valence electrons. The van der Waals surface area contributed by atoms with Crippen molar-refractivity contribution in [1.29, 1.82) is 0 Å². The van der Waals surface area contributed by atoms with Crippen LogP contribution in [0.4, 0.5) is 5.69 Å². The minimum Gasteiger partial charge on any atom is -0.469 e. The number of nitrogens with zero attached hydrogens (tertiary/aromatic N) is 2. The van der Waals surface area contributed by atoms with Gasteiger partial charge in [0.25, 0.3) is 5.69 Å². The molecule has 0 bridgehead atoms. The molecule has 0 N–H and O–H groups in total. The fourth-order valence-corrected chi connectivity index (χ4v) is 3.65. The van der Waals surface area contributed by atoms with Crippen molar-refractivity contribution in [2.75, 3.05) is 20.7 Å². The Morgan fingerprint density at radius 2 is 2.05 bits per heavy atom. The fraction of sp³-hybridized carbons (Fsp3) is 0.462. The SMILES string of the molecule is COC(=O)C(C)CN(C)S(=O)(=O)c1c(C)cccc1[N+](=O)[O-]. The summed E-state index contributed by atoms with van der Waals surface area (Å²) in [4.78, 5) is 21.4. The summed E-state index contributed by atoms with van der Waals surface area (Å²) in [5.74, 6) is -1.24. The molecule has 0 heterocycles. The van der Waals surface area contributed by atoms with Gasteiger partial charge in [0.15, 0.2) is 4.90 Å². The van der Waals surface area contributed by atoms with Gasteiger partial charge in [-0.25, -0.2) is 8.42 Å². The van der Waals surface area contributed by atoms with Crippen molar-refractivity contribution in [1.82, 2.24) is 4.31 Å². The van der Waals surface area contributed by atoms with Crippen molar-refractivity contribution < 1.29 is 22.9 Å². The van der Waals surface area contributed by atoms with Crippen molar-refractivity contribution >= 4 is 21.7 Å². The molecule has 1 aromatic carbocycles. The number of aryl methyl sites for hydroxylation is 1. The lowest BCUT2D eigenvalue weighted by Gasteiger charge is -2.20. The Balaban J connectivity index is 3.25. The maximum absolute atomic E-state index is 12.6. The first-order valence-corrected chi connectivity index (χ1v) is 7.85. The molecule has 1 aromatic rings. The molecule has 0 aromatic heterocycles. The average molecular weight is 330 g/mol. The van der Waals surface area contributed by atoms with E-state index in [9.17, 15) is 23.3 Å². The van der Waals surface area contributed by atoms with E-state index in [1.54, 1.807) is 0 Å². The number of nitro benzene ring substituents is 1. The molecular formula is C13H18N2O6S. The zero-order valence-electron chi connectivity index (χ0n) is 12.8. The molecule has 0 saturated carbocycles. The molecule has 1 atom stereocenters. The van der Waals surface area contributed by atoms with E-state index in [1.807, 2.05) is 0 Å². The standard InChI is InChI=1S/C13H18N2O6S/c1-9-6-5-7-11(15(17)18)12(9)22(19,20)14(3)8-10(2)13(16)21-4/h5-7,10H,8H2,1-4H3. The van der Waals surface area contributed by atoms with Crippen LogP contribution in [-0.4, -0.2) is 44.3 Å². The Morgan fingerprint density at radius 3 is 2.55 bits per heavy atom. The Labute approximate surface area is 128 Å². The smallest absolute Gasteiger partial charge is 0.309 e. The molecular weight excluding hydrogens is 312 g/mol. The zero-order valence-corrected chi connectivity index (χ0v) is 13.6. The molecule has 0 radical (unpaired) electrons. The lowest BCUT2D eigenvalue weighted by Crippen LogP contribution is -2.34. The van der Waals surface area contributed by atoms with Gasteiger partial charge in [0, 0.05) is 19.7 Å². The summed E-state index contributed by atoms with van der Waals surface area (Å²) in [5, 5.41) is 11.1. The van der Waals surface area contributed by atoms with Crippen LogP contribution in [0.3, 0.4) is 0 Å². The Morgan fingerprint density at radius 1 is 1.45 bits per heavy atom. The largest absolute Gasteiger partial charge is 0.469 e. The van der Waals surface area contributed by atoms with E-state index in [2.05, 4.69) is 4.74 Å². The summed E-state index contributed by atoms with van der Waals surface area (Å²) in [6.45, 7) is 2.86. The number of ether oxygens (including phenoxy) is 1. The van der Waals surface area contributed by atoms with E-state index in [1.165, 1.54) is 40.1 Å². The first kappa shape index (κ1) is 18.1. The predicted octanol–water partition coefficient (Wildman–Crippen LogP) is 1.33. The number of methoxy groups -OCH3 is 1. The first-order chi connectivity index (χ1) is 10.1. The molecule has 1 rings (SSSR count). The average Bonchev–Trinajstić information content (AvgIpc) is 2.45. The number of nitro groups is 1. The topological polar surface area (TPSA) is 107 Å². The van der Waals surface area contributed by atoms with E-state index in [4.69, 9.17) is 0 Å². The third-order valence-electron chi connectivity index (χ3n) is 3.19. The fourth-order valence-electron chi connectivity index (χ4n) is 2.03. The normalized spacial score (nSPS) is 13.0. The summed E-state index contributed by atoms with van der Waals surface area (Å²) >= 11 is 0. The van der Waals surface area contributed by atoms with Crippen LogP contribution in [0.25, 0.3) is 0 Å². The molecule has 0 saturated heterocycles. The molecule has 0 aliphatic heterocycles. The van der Waals surface area contributed by atoms with Gasteiger partial charge in [0.1, 0.15) is 0 Å². The maximum Gasteiger partial charge on any atom is 0.309 e. The monoisotopic (exact) mass is 330 g/mol. The molecule has 1 unspecified atom stereocenters. The second kappa shape index (κ2) is 6.84. The minimum absolute atomic E-state index is 0.138. The summed E-state index contributed by atoms with van der Waals surface area (Å²) in [5.41, 5.74) is -0.218. The molecule has 0 aliphatic rings. The summed E-state index contributed by atoms with van der Waals surface area (Å²) in [7, 11) is -1.62. The van der Waals surface area contributed by atoms with Gasteiger partial charge >= 0.3 is 5.97 Å². The van der Waals surface area contributed by atoms with E-state index >= 15 is 0 Å². The summed E-state index contributed by atoms with van der Waals surface area (Å²) < 4.78 is 30.7. The lowest BCUT2D eigenvalue weighted by molar-refractivity contribution is -0.387. The zero-order chi connectivity index (χ0) is 17.1. The van der Waals surface area contributed by atoms with Crippen molar-refractivity contribution in [3.8, 4) is 0 Å². The molecule has 9 heteroatoms. The second-order valence-corrected chi connectivity index (χ2v) is 6.87. The molecule has 8 nitrogen and oxygen atoms in total. The molecule has 0 fully saturated rings. The molecule has 0 aliphatic carbocycles. The number of hydrogen-bond acceptors (Lipinski definition) is 6. The first-order valence-electron chi connectivity index (χ1n) is 6.41. The van der Waals surface area contributed by atoms with E-state index < -0.39 is 32.5 Å². The predicted molar refractivity (Wildman–Crippen MR) is 78.8 cm³/mol. The number of benzene rings is 1. The highest BCUT2D eigenvalue weighted by Crippen LogP contribution is 2.29. The number of hydrogen-bond donors (Lipinski definition) is 0. The Kier molecular flexibility index (Phi) is 5.61. The van der Waals surface area contributed by atoms with Gasteiger partial charge in [-0.2, -0.15) is 4.31 Å². The van der Waals surface area contributed by atoms with Crippen LogP contribution < -0.4 is 0 Å². The Hall–Kier alpha value is -2.00. The van der Waals surface area contributed by atoms with Gasteiger partial charge in [-0.3, -0.25) is 14.9 Å². The van der Waals surface area contributed by atoms with Crippen LogP contribution in [0.15, 0.2) is 23.1 Å². The molecule has 22 heavy (non-hydrogen) atoms. The number of sulfonamides is 1. The number of carbonyl (C=O) groups is 1. The summed E-state index contributed by atoms with van der Waals surface area (Å²) in [6.07, 6.45) is 0. The van der Waals surface area contributed by atoms with Gasteiger partial charge in [0.05, 0.1) is 18.0 Å². The second-order valence-electron chi connectivity index (χ2n) is 4.89. The highest BCUT2D eigenvalue weighted by molar-refractivity contribution is 7.89. The molecule has 0 spiro atoms. The van der Waals surface area contributed by atoms with Crippen LogP contribution in [0.5, 0.6) is 0 Å². The van der Waals surface area contributed by atoms with E-state index in [0.29, 0.717) is 0 Å². The summed E-state index contributed by atoms with van der Waals surface area (Å²) in [6, 6.07) is 4.04. The van der Waals surface area contributed by atoms with Crippen molar-refractivity contribution in [3.63, 3.8) is 0 Å². The van der Waals surface area contributed by atoms with Crippen LogP contribution in [0, 0.1) is 23.0 Å². The van der Waals surface area contributed by atoms with E-state index in [-0.39, 0.29) is 17.0 Å². The van der Waals surface area contributed by atoms with Gasteiger partial charge in [-0.15, -0.1) is 0 Å². The minimum atomic E-state index is -4.10.